The second-order valence-electron chi connectivity index (χ2n) is 7.90. The number of alkyl halides is 6. The summed E-state index contributed by atoms with van der Waals surface area (Å²) in [5.74, 6) is 0.0970. The summed E-state index contributed by atoms with van der Waals surface area (Å²) in [5, 5.41) is 0. The van der Waals surface area contributed by atoms with Gasteiger partial charge >= 0.3 is 18.4 Å². The smallest absolute Gasteiger partial charge is 0.421 e. The molecule has 2 aromatic rings. The lowest BCUT2D eigenvalue weighted by Crippen LogP contribution is -2.55. The summed E-state index contributed by atoms with van der Waals surface area (Å²) in [4.78, 5) is 36.5. The quantitative estimate of drug-likeness (QED) is 0.656. The number of amides is 1. The maximum absolute atomic E-state index is 12.9. The zero-order chi connectivity index (χ0) is 25.3. The van der Waals surface area contributed by atoms with E-state index in [1.54, 1.807) is 11.8 Å². The molecule has 0 spiro atoms. The van der Waals surface area contributed by atoms with Crippen LogP contribution in [-0.4, -0.2) is 57.7 Å². The predicted octanol–water partition coefficient (Wildman–Crippen LogP) is 3.48. The average Bonchev–Trinajstić information content (AvgIpc) is 2.73. The number of H-pyrrole nitrogens is 1. The van der Waals surface area contributed by atoms with Crippen molar-refractivity contribution in [3.05, 3.63) is 51.7 Å². The van der Waals surface area contributed by atoms with Crippen LogP contribution in [0.2, 0.25) is 0 Å². The summed E-state index contributed by atoms with van der Waals surface area (Å²) < 4.78 is 82.1. The van der Waals surface area contributed by atoms with Crippen molar-refractivity contribution in [3.8, 4) is 0 Å². The number of halogens is 6. The van der Waals surface area contributed by atoms with Crippen LogP contribution >= 0.6 is 0 Å². The van der Waals surface area contributed by atoms with Crippen molar-refractivity contribution in [2.75, 3.05) is 24.5 Å². The molecule has 0 aliphatic carbocycles. The first-order chi connectivity index (χ1) is 15.8. The number of carbonyl (C=O) groups is 1. The van der Waals surface area contributed by atoms with Crippen molar-refractivity contribution >= 4 is 12.0 Å². The second kappa shape index (κ2) is 9.50. The maximum Gasteiger partial charge on any atom is 0.421 e. The summed E-state index contributed by atoms with van der Waals surface area (Å²) in [6.45, 7) is 3.87. The highest BCUT2D eigenvalue weighted by molar-refractivity contribution is 5.68. The first-order valence-corrected chi connectivity index (χ1v) is 10.2. The van der Waals surface area contributed by atoms with Gasteiger partial charge in [0, 0.05) is 50.7 Å². The molecule has 1 fully saturated rings. The summed E-state index contributed by atoms with van der Waals surface area (Å²) in [6, 6.07) is 0.318. The summed E-state index contributed by atoms with van der Waals surface area (Å²) in [7, 11) is 0. The van der Waals surface area contributed by atoms with E-state index in [0.717, 1.165) is 6.20 Å². The van der Waals surface area contributed by atoms with Crippen LogP contribution in [0.15, 0.2) is 29.5 Å². The van der Waals surface area contributed by atoms with Crippen LogP contribution in [0.3, 0.4) is 0 Å². The number of anilines is 1. The van der Waals surface area contributed by atoms with Crippen LogP contribution in [0.4, 0.5) is 37.1 Å². The molecule has 8 nitrogen and oxygen atoms in total. The normalized spacial score (nSPS) is 18.1. The van der Waals surface area contributed by atoms with Gasteiger partial charge in [0.15, 0.2) is 0 Å². The van der Waals surface area contributed by atoms with Crippen LogP contribution in [0.25, 0.3) is 0 Å². The minimum Gasteiger partial charge on any atom is -0.446 e. The molecule has 0 bridgehead atoms. The topological polar surface area (TPSA) is 91.4 Å². The Bertz CT molecular complexity index is 1070. The molecular weight excluding hydrogens is 472 g/mol. The number of ether oxygens (including phenoxy) is 1. The number of aromatic nitrogens is 3. The molecule has 1 aliphatic heterocycles. The molecule has 0 aromatic carbocycles. The highest BCUT2D eigenvalue weighted by atomic mass is 19.4. The molecular formula is C20H21F6N5O3. The van der Waals surface area contributed by atoms with E-state index in [2.05, 4.69) is 9.97 Å². The molecule has 0 saturated carbocycles. The van der Waals surface area contributed by atoms with Gasteiger partial charge in [0.1, 0.15) is 11.7 Å². The van der Waals surface area contributed by atoms with Gasteiger partial charge in [0.25, 0.3) is 5.56 Å². The van der Waals surface area contributed by atoms with Gasteiger partial charge in [-0.05, 0) is 25.5 Å². The minimum absolute atomic E-state index is 0.0562. The molecule has 0 unspecified atom stereocenters. The third kappa shape index (κ3) is 5.97. The molecule has 1 aliphatic rings. The van der Waals surface area contributed by atoms with Crippen LogP contribution in [0.5, 0.6) is 0 Å². The maximum atomic E-state index is 12.9. The number of piperazine rings is 1. The van der Waals surface area contributed by atoms with Gasteiger partial charge in [-0.1, -0.05) is 0 Å². The molecule has 14 heteroatoms. The van der Waals surface area contributed by atoms with Crippen molar-refractivity contribution < 1.29 is 35.9 Å². The lowest BCUT2D eigenvalue weighted by Gasteiger charge is -2.39. The van der Waals surface area contributed by atoms with E-state index in [9.17, 15) is 35.9 Å². The van der Waals surface area contributed by atoms with Gasteiger partial charge < -0.3 is 19.5 Å². The predicted molar refractivity (Wildman–Crippen MR) is 107 cm³/mol. The number of hydrogen-bond donors (Lipinski definition) is 1. The number of pyridine rings is 1. The standard InChI is InChI=1S/C20H21F6N5O3/c1-11-10-30(17-28-8-14(9-29-17)19(21,22)23)3-4-31(11)18(33)34-12(2)5-13-6-15(20(24,25)26)16(32)27-7-13/h6-9,11-12H,3-5,10H2,1-2H3,(H,27,32)/t11-,12+/m1/s1. The molecule has 3 heterocycles. The van der Waals surface area contributed by atoms with Crippen molar-refractivity contribution in [2.24, 2.45) is 0 Å². The molecule has 1 amide bonds. The second-order valence-corrected chi connectivity index (χ2v) is 7.90. The van der Waals surface area contributed by atoms with E-state index in [1.165, 1.54) is 11.8 Å². The zero-order valence-corrected chi connectivity index (χ0v) is 18.1. The largest absolute Gasteiger partial charge is 0.446 e. The number of aromatic amines is 1. The fraction of sp³-hybridized carbons (Fsp3) is 0.500. The molecule has 2 atom stereocenters. The van der Waals surface area contributed by atoms with E-state index in [-0.39, 0.29) is 37.6 Å². The van der Waals surface area contributed by atoms with Gasteiger partial charge in [-0.25, -0.2) is 14.8 Å². The summed E-state index contributed by atoms with van der Waals surface area (Å²) in [5.41, 5.74) is -3.42. The zero-order valence-electron chi connectivity index (χ0n) is 18.1. The molecule has 186 valence electrons. The van der Waals surface area contributed by atoms with Gasteiger partial charge in [0.2, 0.25) is 5.95 Å². The Kier molecular flexibility index (Phi) is 7.07. The fourth-order valence-corrected chi connectivity index (χ4v) is 3.51. The Morgan fingerprint density at radius 2 is 1.82 bits per heavy atom. The highest BCUT2D eigenvalue weighted by Gasteiger charge is 2.35. The van der Waals surface area contributed by atoms with Crippen LogP contribution < -0.4 is 10.5 Å². The van der Waals surface area contributed by atoms with Crippen molar-refractivity contribution in [1.29, 1.82) is 0 Å². The van der Waals surface area contributed by atoms with Crippen LogP contribution in [0, 0.1) is 0 Å². The van der Waals surface area contributed by atoms with Gasteiger partial charge in [-0.15, -0.1) is 0 Å². The third-order valence-corrected chi connectivity index (χ3v) is 5.20. The molecule has 0 radical (unpaired) electrons. The summed E-state index contributed by atoms with van der Waals surface area (Å²) >= 11 is 0. The van der Waals surface area contributed by atoms with Crippen LogP contribution in [-0.2, 0) is 23.5 Å². The Morgan fingerprint density at radius 1 is 1.18 bits per heavy atom. The Hall–Kier alpha value is -3.32. The van der Waals surface area contributed by atoms with Gasteiger partial charge in [-0.2, -0.15) is 26.3 Å². The SMILES string of the molecule is C[C@@H]1CN(c2ncc(C(F)(F)F)cn2)CCN1C(=O)O[C@@H](C)Cc1c[nH]c(=O)c(C(F)(F)F)c1. The average molecular weight is 493 g/mol. The lowest BCUT2D eigenvalue weighted by atomic mass is 10.1. The molecule has 1 saturated heterocycles. The van der Waals surface area contributed by atoms with E-state index >= 15 is 0 Å². The number of nitrogens with one attached hydrogen (secondary N) is 1. The first kappa shape index (κ1) is 25.3. The van der Waals surface area contributed by atoms with Gasteiger partial charge in [-0.3, -0.25) is 4.79 Å². The molecule has 3 rings (SSSR count). The Labute approximate surface area is 189 Å². The van der Waals surface area contributed by atoms with Gasteiger partial charge in [0.05, 0.1) is 5.56 Å². The lowest BCUT2D eigenvalue weighted by molar-refractivity contribution is -0.139. The number of carbonyl (C=O) groups excluding carboxylic acids is 1. The third-order valence-electron chi connectivity index (χ3n) is 5.20. The molecule has 1 N–H and O–H groups in total. The van der Waals surface area contributed by atoms with Crippen molar-refractivity contribution in [3.63, 3.8) is 0 Å². The molecule has 34 heavy (non-hydrogen) atoms. The number of hydrogen-bond acceptors (Lipinski definition) is 6. The van der Waals surface area contributed by atoms with E-state index < -0.39 is 47.3 Å². The minimum atomic E-state index is -4.81. The highest BCUT2D eigenvalue weighted by Crippen LogP contribution is 2.29. The van der Waals surface area contributed by atoms with E-state index in [1.807, 2.05) is 4.98 Å². The van der Waals surface area contributed by atoms with E-state index in [4.69, 9.17) is 4.74 Å². The number of nitrogens with zero attached hydrogens (tertiary/aromatic N) is 4. The monoisotopic (exact) mass is 493 g/mol. The van der Waals surface area contributed by atoms with E-state index in [0.29, 0.717) is 18.5 Å². The number of rotatable bonds is 4. The molecule has 2 aromatic heterocycles. The van der Waals surface area contributed by atoms with Crippen LogP contribution in [0.1, 0.15) is 30.5 Å². The Balaban J connectivity index is 1.58. The van der Waals surface area contributed by atoms with Crippen molar-refractivity contribution in [2.45, 2.75) is 44.8 Å². The first-order valence-electron chi connectivity index (χ1n) is 10.2. The van der Waals surface area contributed by atoms with Crippen molar-refractivity contribution in [1.82, 2.24) is 19.9 Å². The Morgan fingerprint density at radius 3 is 2.38 bits per heavy atom. The fourth-order valence-electron chi connectivity index (χ4n) is 3.51. The summed E-state index contributed by atoms with van der Waals surface area (Å²) in [6.07, 6.45) is -8.38.